The Labute approximate surface area is 213 Å². The fraction of sp³-hybridized carbons (Fsp3) is 0.643. The molecule has 0 spiro atoms. The Morgan fingerprint density at radius 3 is 1.83 bits per heavy atom. The summed E-state index contributed by atoms with van der Waals surface area (Å²) in [7, 11) is 0. The molecular formula is C28H39NO7. The van der Waals surface area contributed by atoms with Crippen LogP contribution in [0.15, 0.2) is 36.0 Å². The first-order valence-corrected chi connectivity index (χ1v) is 12.9. The van der Waals surface area contributed by atoms with Crippen LogP contribution in [0.25, 0.3) is 0 Å². The third-order valence-corrected chi connectivity index (χ3v) is 7.12. The largest absolute Gasteiger partial charge is 0.463 e. The van der Waals surface area contributed by atoms with Crippen molar-refractivity contribution in [3.05, 3.63) is 36.0 Å². The number of carbonyl (C=O) groups is 4. The third-order valence-electron chi connectivity index (χ3n) is 7.12. The van der Waals surface area contributed by atoms with E-state index in [-0.39, 0.29) is 54.4 Å². The quantitative estimate of drug-likeness (QED) is 0.337. The summed E-state index contributed by atoms with van der Waals surface area (Å²) in [6, 6.07) is 0. The van der Waals surface area contributed by atoms with Crippen LogP contribution >= 0.6 is 0 Å². The minimum Gasteiger partial charge on any atom is -0.463 e. The molecule has 0 radical (unpaired) electrons. The molecule has 0 aromatic heterocycles. The van der Waals surface area contributed by atoms with Crippen molar-refractivity contribution >= 4 is 23.8 Å². The van der Waals surface area contributed by atoms with Crippen molar-refractivity contribution in [3.8, 4) is 0 Å². The molecule has 6 atom stereocenters. The van der Waals surface area contributed by atoms with Gasteiger partial charge < -0.3 is 14.6 Å². The summed E-state index contributed by atoms with van der Waals surface area (Å²) in [6.45, 7) is 7.67. The van der Waals surface area contributed by atoms with E-state index in [1.807, 2.05) is 27.7 Å². The molecule has 0 saturated heterocycles. The topological polar surface area (TPSA) is 119 Å². The van der Waals surface area contributed by atoms with Gasteiger partial charge in [-0.25, -0.2) is 0 Å². The van der Waals surface area contributed by atoms with Crippen molar-refractivity contribution in [2.75, 3.05) is 13.2 Å². The van der Waals surface area contributed by atoms with Gasteiger partial charge in [-0.3, -0.25) is 24.5 Å². The lowest BCUT2D eigenvalue weighted by Crippen LogP contribution is -2.30. The number of esters is 2. The monoisotopic (exact) mass is 501 g/mol. The molecule has 8 nitrogen and oxygen atoms in total. The molecule has 0 aromatic carbocycles. The Balaban J connectivity index is 0.000000154. The molecule has 6 unspecified atom stereocenters. The number of fused-ring (bicyclic) bond motifs is 4. The van der Waals surface area contributed by atoms with E-state index in [1.165, 1.54) is 6.08 Å². The summed E-state index contributed by atoms with van der Waals surface area (Å²) in [5, 5.41) is 10.6. The van der Waals surface area contributed by atoms with E-state index in [0.717, 1.165) is 25.7 Å². The summed E-state index contributed by atoms with van der Waals surface area (Å²) in [6.07, 6.45) is 14.9. The van der Waals surface area contributed by atoms with Crippen molar-refractivity contribution in [2.24, 2.45) is 35.5 Å². The lowest BCUT2D eigenvalue weighted by atomic mass is 9.93. The molecule has 2 amide bonds. The van der Waals surface area contributed by atoms with Crippen LogP contribution in [0.3, 0.4) is 0 Å². The van der Waals surface area contributed by atoms with Crippen LogP contribution in [-0.4, -0.2) is 47.7 Å². The molecule has 1 aliphatic heterocycles. The summed E-state index contributed by atoms with van der Waals surface area (Å²) in [5.41, 5.74) is 0.225. The van der Waals surface area contributed by atoms with Gasteiger partial charge in [0.15, 0.2) is 0 Å². The predicted molar refractivity (Wildman–Crippen MR) is 133 cm³/mol. The van der Waals surface area contributed by atoms with E-state index in [4.69, 9.17) is 14.6 Å². The van der Waals surface area contributed by atoms with Crippen LogP contribution in [0.5, 0.6) is 0 Å². The predicted octanol–water partition coefficient (Wildman–Crippen LogP) is 3.25. The maximum Gasteiger partial charge on any atom is 0.310 e. The van der Waals surface area contributed by atoms with Gasteiger partial charge in [0, 0.05) is 11.6 Å². The van der Waals surface area contributed by atoms with Gasteiger partial charge in [-0.1, -0.05) is 31.2 Å². The van der Waals surface area contributed by atoms with Crippen molar-refractivity contribution in [1.29, 1.82) is 0 Å². The molecule has 2 saturated carbocycles. The molecule has 5 aliphatic rings. The van der Waals surface area contributed by atoms with Crippen LogP contribution in [-0.2, 0) is 28.7 Å². The normalized spacial score (nSPS) is 30.8. The highest BCUT2D eigenvalue weighted by atomic mass is 16.6. The molecule has 5 rings (SSSR count). The van der Waals surface area contributed by atoms with Gasteiger partial charge in [-0.2, -0.15) is 0 Å². The first kappa shape index (κ1) is 27.8. The molecule has 0 aromatic rings. The van der Waals surface area contributed by atoms with Crippen molar-refractivity contribution in [3.63, 3.8) is 0 Å². The molecule has 1 heterocycles. The van der Waals surface area contributed by atoms with Gasteiger partial charge >= 0.3 is 11.9 Å². The zero-order valence-corrected chi connectivity index (χ0v) is 21.7. The zero-order chi connectivity index (χ0) is 26.5. The van der Waals surface area contributed by atoms with Gasteiger partial charge in [0.2, 0.25) is 0 Å². The molecule has 2 N–H and O–H groups in total. The molecule has 36 heavy (non-hydrogen) atoms. The second kappa shape index (κ2) is 12.0. The van der Waals surface area contributed by atoms with Crippen LogP contribution in [0.4, 0.5) is 0 Å². The molecule has 4 bridgehead atoms. The minimum atomic E-state index is -0.345. The average Bonchev–Trinajstić information content (AvgIpc) is 3.64. The summed E-state index contributed by atoms with van der Waals surface area (Å²) in [4.78, 5) is 44.3. The number of nitrogens with one attached hydrogen (secondary N) is 1. The number of amides is 2. The van der Waals surface area contributed by atoms with E-state index >= 15 is 0 Å². The van der Waals surface area contributed by atoms with Gasteiger partial charge in [-0.15, -0.1) is 0 Å². The molecule has 8 heteroatoms. The third kappa shape index (κ3) is 7.38. The van der Waals surface area contributed by atoms with Gasteiger partial charge in [-0.05, 0) is 76.5 Å². The van der Waals surface area contributed by atoms with E-state index in [9.17, 15) is 19.2 Å². The van der Waals surface area contributed by atoms with Crippen molar-refractivity contribution in [2.45, 2.75) is 65.4 Å². The summed E-state index contributed by atoms with van der Waals surface area (Å²) in [5.74, 6) is 1.59. The minimum absolute atomic E-state index is 0.00523. The van der Waals surface area contributed by atoms with Crippen LogP contribution < -0.4 is 5.32 Å². The van der Waals surface area contributed by atoms with E-state index in [1.54, 1.807) is 0 Å². The maximum atomic E-state index is 11.8. The number of aliphatic hydroxyl groups is 1. The molecule has 2 fully saturated rings. The fourth-order valence-electron chi connectivity index (χ4n) is 5.45. The highest BCUT2D eigenvalue weighted by Gasteiger charge is 2.42. The standard InChI is InChI=1S/C12H18O2.C10H14O3.C6H7NO2/c1-12(2,3)14-11(13)10-7-8-4-5-9(10)6-8;11-3-4-13-10(12)9-6-7-1-2-8(9)5-7;1-2-4-3-5(8)7-6(4)9/h4-5,8-10H,6-7H2,1-3H3;1-2,7-9,11H,3-6H2;3H,2H2,1H3,(H,7,8,9). The molecule has 4 aliphatic carbocycles. The van der Waals surface area contributed by atoms with Gasteiger partial charge in [0.1, 0.15) is 12.2 Å². The first-order valence-electron chi connectivity index (χ1n) is 12.9. The van der Waals surface area contributed by atoms with Gasteiger partial charge in [0.05, 0.1) is 18.4 Å². The lowest BCUT2D eigenvalue weighted by Gasteiger charge is -2.24. The lowest BCUT2D eigenvalue weighted by molar-refractivity contribution is -0.161. The number of carbonyl (C=O) groups excluding carboxylic acids is 4. The second-order valence-electron chi connectivity index (χ2n) is 11.0. The van der Waals surface area contributed by atoms with Crippen LogP contribution in [0.1, 0.15) is 59.8 Å². The van der Waals surface area contributed by atoms with Crippen molar-refractivity contribution < 1.29 is 33.8 Å². The Kier molecular flexibility index (Phi) is 9.28. The number of hydrogen-bond donors (Lipinski definition) is 2. The first-order chi connectivity index (χ1) is 17.0. The summed E-state index contributed by atoms with van der Waals surface area (Å²) >= 11 is 0. The summed E-state index contributed by atoms with van der Waals surface area (Å²) < 4.78 is 10.3. The average molecular weight is 502 g/mol. The van der Waals surface area contributed by atoms with Crippen LogP contribution in [0.2, 0.25) is 0 Å². The highest BCUT2D eigenvalue weighted by molar-refractivity contribution is 6.16. The SMILES string of the molecule is CC(C)(C)OC(=O)C1CC2C=CC1C2.CCC1=CC(=O)NC1=O.O=C(OCCO)C1CC2C=CC1C2. The highest BCUT2D eigenvalue weighted by Crippen LogP contribution is 2.44. The van der Waals surface area contributed by atoms with E-state index in [2.05, 4.69) is 29.6 Å². The number of ether oxygens (including phenoxy) is 2. The Morgan fingerprint density at radius 1 is 0.944 bits per heavy atom. The Bertz CT molecular complexity index is 942. The zero-order valence-electron chi connectivity index (χ0n) is 21.7. The van der Waals surface area contributed by atoms with E-state index < -0.39 is 0 Å². The number of aliphatic hydroxyl groups excluding tert-OH is 1. The number of imide groups is 1. The Morgan fingerprint density at radius 2 is 1.50 bits per heavy atom. The number of rotatable bonds is 5. The Hall–Kier alpha value is -2.74. The smallest absolute Gasteiger partial charge is 0.310 e. The van der Waals surface area contributed by atoms with Gasteiger partial charge in [0.25, 0.3) is 11.8 Å². The second-order valence-corrected chi connectivity index (χ2v) is 11.0. The van der Waals surface area contributed by atoms with Crippen molar-refractivity contribution in [1.82, 2.24) is 5.32 Å². The fourth-order valence-corrected chi connectivity index (χ4v) is 5.45. The van der Waals surface area contributed by atoms with E-state index in [0.29, 0.717) is 35.7 Å². The molecular weight excluding hydrogens is 462 g/mol. The van der Waals surface area contributed by atoms with Crippen LogP contribution in [0, 0.1) is 35.5 Å². The number of hydrogen-bond acceptors (Lipinski definition) is 7. The maximum absolute atomic E-state index is 11.8. The number of allylic oxidation sites excluding steroid dienone is 4. The molecule has 198 valence electrons.